The summed E-state index contributed by atoms with van der Waals surface area (Å²) in [5, 5.41) is 12.0. The number of hydrogen-bond donors (Lipinski definition) is 1. The summed E-state index contributed by atoms with van der Waals surface area (Å²) < 4.78 is 3.28. The van der Waals surface area contributed by atoms with Crippen molar-refractivity contribution in [3.63, 3.8) is 0 Å². The minimum atomic E-state index is -0.739. The van der Waals surface area contributed by atoms with Crippen molar-refractivity contribution < 1.29 is 9.59 Å². The zero-order valence-corrected chi connectivity index (χ0v) is 17.8. The van der Waals surface area contributed by atoms with Crippen LogP contribution in [0.25, 0.3) is 5.69 Å². The number of nitrogens with one attached hydrogen (secondary N) is 1. The van der Waals surface area contributed by atoms with Crippen molar-refractivity contribution in [2.45, 2.75) is 20.4 Å². The smallest absolute Gasteiger partial charge is 0.298 e. The molecule has 4 aromatic rings. The lowest BCUT2D eigenvalue weighted by molar-refractivity contribution is -0.112. The predicted molar refractivity (Wildman–Crippen MR) is 119 cm³/mol. The van der Waals surface area contributed by atoms with E-state index in [-0.39, 0.29) is 0 Å². The molecule has 2 heterocycles. The molecule has 1 N–H and O–H groups in total. The molecule has 0 atom stereocenters. The first-order valence-electron chi connectivity index (χ1n) is 9.67. The van der Waals surface area contributed by atoms with Crippen molar-refractivity contribution in [1.82, 2.24) is 19.6 Å². The van der Waals surface area contributed by atoms with E-state index in [2.05, 4.69) is 15.5 Å². The maximum absolute atomic E-state index is 13.0. The van der Waals surface area contributed by atoms with Crippen LogP contribution in [0.3, 0.4) is 0 Å². The van der Waals surface area contributed by atoms with E-state index in [0.717, 1.165) is 11.3 Å². The molecule has 31 heavy (non-hydrogen) atoms. The van der Waals surface area contributed by atoms with Crippen LogP contribution in [0.15, 0.2) is 66.9 Å². The lowest BCUT2D eigenvalue weighted by Gasteiger charge is -2.09. The number of aryl methyl sites for hydroxylation is 1. The second-order valence-electron chi connectivity index (χ2n) is 7.08. The first kappa shape index (κ1) is 20.6. The van der Waals surface area contributed by atoms with Gasteiger partial charge in [0.1, 0.15) is 5.82 Å². The molecule has 0 aliphatic rings. The molecule has 156 valence electrons. The Bertz CT molecular complexity index is 1240. The Kier molecular flexibility index (Phi) is 5.68. The highest BCUT2D eigenvalue weighted by Gasteiger charge is 2.25. The van der Waals surface area contributed by atoms with Gasteiger partial charge in [-0.2, -0.15) is 10.2 Å². The molecule has 0 spiro atoms. The van der Waals surface area contributed by atoms with Crippen molar-refractivity contribution in [2.75, 3.05) is 5.32 Å². The van der Waals surface area contributed by atoms with E-state index >= 15 is 0 Å². The Morgan fingerprint density at radius 2 is 1.71 bits per heavy atom. The van der Waals surface area contributed by atoms with E-state index in [1.54, 1.807) is 47.6 Å². The average molecular weight is 434 g/mol. The second kappa shape index (κ2) is 8.57. The summed E-state index contributed by atoms with van der Waals surface area (Å²) in [5.41, 5.74) is 3.19. The van der Waals surface area contributed by atoms with Crippen molar-refractivity contribution in [3.05, 3.63) is 94.4 Å². The van der Waals surface area contributed by atoms with Crippen LogP contribution in [-0.4, -0.2) is 31.3 Å². The normalized spacial score (nSPS) is 10.8. The number of carbonyl (C=O) groups excluding carboxylic acids is 2. The number of Topliss-reactive ketones (excluding diaryl/α,β-unsaturated/α-hetero) is 1. The molecule has 2 aromatic carbocycles. The monoisotopic (exact) mass is 433 g/mol. The van der Waals surface area contributed by atoms with Gasteiger partial charge in [0.2, 0.25) is 0 Å². The number of nitrogens with zero attached hydrogens (tertiary/aromatic N) is 4. The van der Waals surface area contributed by atoms with Crippen molar-refractivity contribution in [1.29, 1.82) is 0 Å². The summed E-state index contributed by atoms with van der Waals surface area (Å²) in [5.74, 6) is -0.952. The molecule has 0 aliphatic heterocycles. The van der Waals surface area contributed by atoms with Crippen LogP contribution >= 0.6 is 11.6 Å². The van der Waals surface area contributed by atoms with Crippen LogP contribution < -0.4 is 5.32 Å². The molecule has 8 heteroatoms. The van der Waals surface area contributed by atoms with Crippen LogP contribution in [-0.2, 0) is 11.3 Å². The molecule has 0 saturated carbocycles. The predicted octanol–water partition coefficient (Wildman–Crippen LogP) is 4.21. The van der Waals surface area contributed by atoms with Gasteiger partial charge in [0.25, 0.3) is 11.7 Å². The molecule has 7 nitrogen and oxygen atoms in total. The second-order valence-corrected chi connectivity index (χ2v) is 7.51. The Labute approximate surface area is 184 Å². The Hall–Kier alpha value is -3.71. The quantitative estimate of drug-likeness (QED) is 0.365. The summed E-state index contributed by atoms with van der Waals surface area (Å²) in [6.07, 6.45) is 1.57. The highest BCUT2D eigenvalue weighted by atomic mass is 35.5. The highest BCUT2D eigenvalue weighted by molar-refractivity contribution is 6.47. The van der Waals surface area contributed by atoms with Crippen LogP contribution in [0.2, 0.25) is 5.02 Å². The van der Waals surface area contributed by atoms with Gasteiger partial charge in [-0.05, 0) is 43.7 Å². The summed E-state index contributed by atoms with van der Waals surface area (Å²) in [4.78, 5) is 25.7. The lowest BCUT2D eigenvalue weighted by Crippen LogP contribution is -2.25. The summed E-state index contributed by atoms with van der Waals surface area (Å²) >= 11 is 5.93. The number of carbonyl (C=O) groups is 2. The topological polar surface area (TPSA) is 81.8 Å². The van der Waals surface area contributed by atoms with Crippen LogP contribution in [0.1, 0.15) is 27.3 Å². The van der Waals surface area contributed by atoms with Gasteiger partial charge in [-0.3, -0.25) is 9.59 Å². The number of aromatic nitrogens is 4. The van der Waals surface area contributed by atoms with E-state index in [1.165, 1.54) is 0 Å². The molecule has 2 aromatic heterocycles. The summed E-state index contributed by atoms with van der Waals surface area (Å²) in [7, 11) is 0. The number of ketones is 1. The molecule has 0 saturated heterocycles. The number of halogens is 1. The third kappa shape index (κ3) is 4.27. The van der Waals surface area contributed by atoms with E-state index < -0.39 is 11.7 Å². The highest BCUT2D eigenvalue weighted by Crippen LogP contribution is 2.19. The third-order valence-electron chi connectivity index (χ3n) is 4.93. The van der Waals surface area contributed by atoms with Gasteiger partial charge in [-0.1, -0.05) is 41.9 Å². The van der Waals surface area contributed by atoms with E-state index in [4.69, 9.17) is 11.6 Å². The number of para-hydroxylation sites is 1. The zero-order valence-electron chi connectivity index (χ0n) is 17.0. The van der Waals surface area contributed by atoms with Gasteiger partial charge in [0.15, 0.2) is 0 Å². The first-order chi connectivity index (χ1) is 14.9. The number of rotatable bonds is 6. The Balaban J connectivity index is 1.54. The van der Waals surface area contributed by atoms with E-state index in [9.17, 15) is 9.59 Å². The zero-order chi connectivity index (χ0) is 22.0. The maximum Gasteiger partial charge on any atom is 0.298 e. The number of benzene rings is 2. The van der Waals surface area contributed by atoms with Gasteiger partial charge in [-0.25, -0.2) is 9.36 Å². The average Bonchev–Trinajstić information content (AvgIpc) is 3.33. The largest absolute Gasteiger partial charge is 0.304 e. The van der Waals surface area contributed by atoms with Gasteiger partial charge in [0.05, 0.1) is 35.4 Å². The Morgan fingerprint density at radius 3 is 2.42 bits per heavy atom. The van der Waals surface area contributed by atoms with Gasteiger partial charge >= 0.3 is 0 Å². The number of anilines is 1. The van der Waals surface area contributed by atoms with Crippen molar-refractivity contribution in [3.8, 4) is 5.69 Å². The fourth-order valence-corrected chi connectivity index (χ4v) is 3.53. The van der Waals surface area contributed by atoms with E-state index in [0.29, 0.717) is 34.3 Å². The fraction of sp³-hybridized carbons (Fsp3) is 0.130. The number of hydrogen-bond acceptors (Lipinski definition) is 4. The summed E-state index contributed by atoms with van der Waals surface area (Å²) in [6.45, 7) is 3.92. The van der Waals surface area contributed by atoms with Crippen LogP contribution in [0.5, 0.6) is 0 Å². The standard InChI is InChI=1S/C23H20ClN5O2/c1-15-21(16(2)29(27-15)19-6-4-3-5-7-19)22(30)23(31)26-20-12-13-25-28(20)14-17-8-10-18(24)11-9-17/h3-13H,14H2,1-2H3,(H,26,31). The van der Waals surface area contributed by atoms with Gasteiger partial charge in [-0.15, -0.1) is 0 Å². The molecule has 1 amide bonds. The molecule has 0 unspecified atom stereocenters. The maximum atomic E-state index is 13.0. The first-order valence-corrected chi connectivity index (χ1v) is 10.1. The molecule has 0 fully saturated rings. The van der Waals surface area contributed by atoms with Crippen LogP contribution in [0.4, 0.5) is 5.82 Å². The molecule has 0 aliphatic carbocycles. The minimum Gasteiger partial charge on any atom is -0.304 e. The SMILES string of the molecule is Cc1nn(-c2ccccc2)c(C)c1C(=O)C(=O)Nc1ccnn1Cc1ccc(Cl)cc1. The van der Waals surface area contributed by atoms with Crippen molar-refractivity contribution in [2.24, 2.45) is 0 Å². The molecule has 0 radical (unpaired) electrons. The number of amides is 1. The summed E-state index contributed by atoms with van der Waals surface area (Å²) in [6, 6.07) is 18.5. The molecular formula is C23H20ClN5O2. The third-order valence-corrected chi connectivity index (χ3v) is 5.18. The molecule has 4 rings (SSSR count). The lowest BCUT2D eigenvalue weighted by atomic mass is 10.1. The van der Waals surface area contributed by atoms with Crippen LogP contribution in [0, 0.1) is 13.8 Å². The minimum absolute atomic E-state index is 0.296. The van der Waals surface area contributed by atoms with Crippen molar-refractivity contribution >= 4 is 29.1 Å². The van der Waals surface area contributed by atoms with E-state index in [1.807, 2.05) is 42.5 Å². The fourth-order valence-electron chi connectivity index (χ4n) is 3.41. The van der Waals surface area contributed by atoms with Gasteiger partial charge in [0, 0.05) is 11.1 Å². The molecular weight excluding hydrogens is 414 g/mol. The Morgan fingerprint density at radius 1 is 1.00 bits per heavy atom. The van der Waals surface area contributed by atoms with Gasteiger partial charge < -0.3 is 5.32 Å². The molecule has 0 bridgehead atoms.